The summed E-state index contributed by atoms with van der Waals surface area (Å²) in [5, 5.41) is 8.54. The molecule has 0 saturated carbocycles. The van der Waals surface area contributed by atoms with E-state index in [0.29, 0.717) is 28.2 Å². The molecule has 0 aromatic heterocycles. The summed E-state index contributed by atoms with van der Waals surface area (Å²) in [4.78, 5) is 23.2. The Labute approximate surface area is 134 Å². The molecule has 21 heavy (non-hydrogen) atoms. The molecule has 0 radical (unpaired) electrons. The lowest BCUT2D eigenvalue weighted by Gasteiger charge is -2.10. The summed E-state index contributed by atoms with van der Waals surface area (Å²) in [7, 11) is 0. The Balaban J connectivity index is 2.34. The third kappa shape index (κ3) is 7.20. The molecule has 5 nitrogen and oxygen atoms in total. The summed E-state index contributed by atoms with van der Waals surface area (Å²) < 4.78 is 0. The molecule has 116 valence electrons. The molecule has 0 atom stereocenters. The van der Waals surface area contributed by atoms with E-state index < -0.39 is 6.03 Å². The van der Waals surface area contributed by atoms with E-state index in [1.54, 1.807) is 12.1 Å². The largest absolute Gasteiger partial charge is 0.355 e. The molecular formula is C14H19Cl2N3O2. The van der Waals surface area contributed by atoms with Gasteiger partial charge in [0.1, 0.15) is 0 Å². The molecule has 0 aliphatic rings. The highest BCUT2D eigenvalue weighted by Gasteiger charge is 2.08. The summed E-state index contributed by atoms with van der Waals surface area (Å²) >= 11 is 11.7. The molecule has 1 aromatic carbocycles. The number of carbonyl (C=O) groups is 2. The third-order valence-corrected chi connectivity index (χ3v) is 3.19. The average Bonchev–Trinajstić information content (AvgIpc) is 2.40. The Bertz CT molecular complexity index is 507. The predicted molar refractivity (Wildman–Crippen MR) is 85.9 cm³/mol. The lowest BCUT2D eigenvalue weighted by atomic mass is 10.1. The molecule has 0 aliphatic heterocycles. The number of anilines is 1. The number of hydrogen-bond donors (Lipinski definition) is 3. The van der Waals surface area contributed by atoms with Gasteiger partial charge in [-0.05, 0) is 30.5 Å². The molecular weight excluding hydrogens is 313 g/mol. The van der Waals surface area contributed by atoms with Crippen molar-refractivity contribution >= 4 is 40.8 Å². The van der Waals surface area contributed by atoms with Crippen LogP contribution in [0.4, 0.5) is 10.5 Å². The van der Waals surface area contributed by atoms with Crippen molar-refractivity contribution < 1.29 is 9.59 Å². The van der Waals surface area contributed by atoms with Gasteiger partial charge in [-0.15, -0.1) is 0 Å². The number of hydrogen-bond acceptors (Lipinski definition) is 2. The van der Waals surface area contributed by atoms with Gasteiger partial charge in [-0.2, -0.15) is 0 Å². The molecule has 0 heterocycles. The van der Waals surface area contributed by atoms with Crippen LogP contribution < -0.4 is 16.0 Å². The molecule has 0 fully saturated rings. The summed E-state index contributed by atoms with van der Waals surface area (Å²) in [6.45, 7) is 4.65. The van der Waals surface area contributed by atoms with Crippen molar-refractivity contribution in [3.63, 3.8) is 0 Å². The fraction of sp³-hybridized carbons (Fsp3) is 0.429. The van der Waals surface area contributed by atoms with Crippen molar-refractivity contribution in [2.45, 2.75) is 20.3 Å². The van der Waals surface area contributed by atoms with Crippen LogP contribution in [0.5, 0.6) is 0 Å². The molecule has 1 aromatic rings. The van der Waals surface area contributed by atoms with Gasteiger partial charge in [0.25, 0.3) is 0 Å². The predicted octanol–water partition coefficient (Wildman–Crippen LogP) is 3.28. The van der Waals surface area contributed by atoms with Crippen LogP contribution in [0.15, 0.2) is 18.2 Å². The lowest BCUT2D eigenvalue weighted by Crippen LogP contribution is -2.39. The molecule has 3 N–H and O–H groups in total. The van der Waals surface area contributed by atoms with Crippen LogP contribution in [-0.4, -0.2) is 25.0 Å². The number of rotatable bonds is 6. The fourth-order valence-electron chi connectivity index (χ4n) is 1.48. The Morgan fingerprint density at radius 3 is 2.57 bits per heavy atom. The van der Waals surface area contributed by atoms with Crippen LogP contribution in [0, 0.1) is 5.92 Å². The maximum atomic E-state index is 11.7. The van der Waals surface area contributed by atoms with E-state index in [4.69, 9.17) is 23.2 Å². The minimum Gasteiger partial charge on any atom is -0.355 e. The topological polar surface area (TPSA) is 70.2 Å². The van der Waals surface area contributed by atoms with Gasteiger partial charge in [0, 0.05) is 11.6 Å². The highest BCUT2D eigenvalue weighted by Crippen LogP contribution is 2.25. The molecule has 3 amide bonds. The highest BCUT2D eigenvalue weighted by atomic mass is 35.5. The second-order valence-electron chi connectivity index (χ2n) is 4.96. The molecule has 0 bridgehead atoms. The van der Waals surface area contributed by atoms with Crippen molar-refractivity contribution in [1.82, 2.24) is 10.6 Å². The van der Waals surface area contributed by atoms with E-state index in [2.05, 4.69) is 29.8 Å². The second-order valence-corrected chi connectivity index (χ2v) is 5.81. The molecule has 0 spiro atoms. The van der Waals surface area contributed by atoms with Gasteiger partial charge in [0.05, 0.1) is 17.3 Å². The van der Waals surface area contributed by atoms with Gasteiger partial charge in [0.2, 0.25) is 5.91 Å². The van der Waals surface area contributed by atoms with Crippen molar-refractivity contribution in [3.05, 3.63) is 28.2 Å². The Hall–Kier alpha value is -1.46. The Kier molecular flexibility index (Phi) is 7.32. The zero-order valence-corrected chi connectivity index (χ0v) is 13.5. The SMILES string of the molecule is CC(C)CCNC(=O)CNC(=O)Nc1cc(Cl)ccc1Cl. The normalized spacial score (nSPS) is 10.3. The molecule has 0 unspecified atom stereocenters. The quantitative estimate of drug-likeness (QED) is 0.748. The van der Waals surface area contributed by atoms with E-state index in [1.807, 2.05) is 0 Å². The van der Waals surface area contributed by atoms with Gasteiger partial charge in [-0.25, -0.2) is 4.79 Å². The van der Waals surface area contributed by atoms with Crippen molar-refractivity contribution in [2.75, 3.05) is 18.4 Å². The number of halogens is 2. The first-order valence-electron chi connectivity index (χ1n) is 6.65. The maximum Gasteiger partial charge on any atom is 0.319 e. The number of amides is 3. The molecule has 0 aliphatic carbocycles. The average molecular weight is 332 g/mol. The van der Waals surface area contributed by atoms with Crippen molar-refractivity contribution in [1.29, 1.82) is 0 Å². The van der Waals surface area contributed by atoms with Crippen LogP contribution in [-0.2, 0) is 4.79 Å². The summed E-state index contributed by atoms with van der Waals surface area (Å²) in [6, 6.07) is 4.22. The molecule has 7 heteroatoms. The summed E-state index contributed by atoms with van der Waals surface area (Å²) in [6.07, 6.45) is 0.899. The first-order chi connectivity index (χ1) is 9.88. The molecule has 1 rings (SSSR count). The van der Waals surface area contributed by atoms with Crippen molar-refractivity contribution in [2.24, 2.45) is 5.92 Å². The van der Waals surface area contributed by atoms with Crippen LogP contribution in [0.1, 0.15) is 20.3 Å². The van der Waals surface area contributed by atoms with Gasteiger partial charge in [0.15, 0.2) is 0 Å². The zero-order chi connectivity index (χ0) is 15.8. The first kappa shape index (κ1) is 17.6. The first-order valence-corrected chi connectivity index (χ1v) is 7.40. The summed E-state index contributed by atoms with van der Waals surface area (Å²) in [5.41, 5.74) is 0.391. The van der Waals surface area contributed by atoms with Crippen LogP contribution in [0.3, 0.4) is 0 Å². The number of carbonyl (C=O) groups excluding carboxylic acids is 2. The maximum absolute atomic E-state index is 11.7. The minimum atomic E-state index is -0.516. The highest BCUT2D eigenvalue weighted by molar-refractivity contribution is 6.35. The molecule has 0 saturated heterocycles. The van der Waals surface area contributed by atoms with Crippen molar-refractivity contribution in [3.8, 4) is 0 Å². The Morgan fingerprint density at radius 2 is 1.90 bits per heavy atom. The monoisotopic (exact) mass is 331 g/mol. The van der Waals surface area contributed by atoms with Crippen LogP contribution in [0.25, 0.3) is 0 Å². The fourth-order valence-corrected chi connectivity index (χ4v) is 1.82. The smallest absolute Gasteiger partial charge is 0.319 e. The van der Waals surface area contributed by atoms with Crippen LogP contribution >= 0.6 is 23.2 Å². The van der Waals surface area contributed by atoms with Gasteiger partial charge < -0.3 is 16.0 Å². The summed E-state index contributed by atoms with van der Waals surface area (Å²) in [5.74, 6) is 0.287. The third-order valence-electron chi connectivity index (χ3n) is 2.63. The van der Waals surface area contributed by atoms with Gasteiger partial charge in [-0.3, -0.25) is 4.79 Å². The zero-order valence-electron chi connectivity index (χ0n) is 12.0. The van der Waals surface area contributed by atoms with E-state index in [1.165, 1.54) is 6.07 Å². The second kappa shape index (κ2) is 8.74. The minimum absolute atomic E-state index is 0.0951. The van der Waals surface area contributed by atoms with E-state index in [0.717, 1.165) is 6.42 Å². The van der Waals surface area contributed by atoms with Gasteiger partial charge in [-0.1, -0.05) is 37.0 Å². The number of benzene rings is 1. The van der Waals surface area contributed by atoms with Gasteiger partial charge >= 0.3 is 6.03 Å². The Morgan fingerprint density at radius 1 is 1.19 bits per heavy atom. The van der Waals surface area contributed by atoms with E-state index in [-0.39, 0.29) is 12.5 Å². The lowest BCUT2D eigenvalue weighted by molar-refractivity contribution is -0.120. The number of urea groups is 1. The number of nitrogens with one attached hydrogen (secondary N) is 3. The van der Waals surface area contributed by atoms with E-state index in [9.17, 15) is 9.59 Å². The van der Waals surface area contributed by atoms with Crippen LogP contribution in [0.2, 0.25) is 10.0 Å². The van der Waals surface area contributed by atoms with E-state index >= 15 is 0 Å². The standard InChI is InChI=1S/C14H19Cl2N3O2/c1-9(2)5-6-17-13(20)8-18-14(21)19-12-7-10(15)3-4-11(12)16/h3-4,7,9H,5-6,8H2,1-2H3,(H,17,20)(H2,18,19,21).